The molecule has 0 atom stereocenters. The molecule has 3 N–H and O–H groups in total. The van der Waals surface area contributed by atoms with Crippen molar-refractivity contribution in [1.82, 2.24) is 5.32 Å². The summed E-state index contributed by atoms with van der Waals surface area (Å²) in [6.07, 6.45) is 6.30. The Labute approximate surface area is 100 Å². The molecule has 4 heteroatoms. The van der Waals surface area contributed by atoms with E-state index in [1.54, 1.807) is 24.4 Å². The van der Waals surface area contributed by atoms with Crippen LogP contribution in [0.2, 0.25) is 0 Å². The van der Waals surface area contributed by atoms with Gasteiger partial charge in [-0.15, -0.1) is 0 Å². The Balaban J connectivity index is 1.89. The average Bonchev–Trinajstić information content (AvgIpc) is 2.82. The summed E-state index contributed by atoms with van der Waals surface area (Å²) in [5.41, 5.74) is 1.69. The molecule has 0 bridgehead atoms. The summed E-state index contributed by atoms with van der Waals surface area (Å²) in [6, 6.07) is 6.32. The van der Waals surface area contributed by atoms with Crippen LogP contribution < -0.4 is 10.6 Å². The molecule has 0 heterocycles. The van der Waals surface area contributed by atoms with Crippen molar-refractivity contribution in [3.63, 3.8) is 0 Å². The standard InChI is InChI=1S/C13H16N2O2/c16-12-8-4-3-7-11(12)15-13(17)14-9-10-5-1-2-6-10/h3-4,7-9,16H,1-2,5-6H2,(H2,14,15,17). The minimum atomic E-state index is -0.328. The third-order valence-electron chi connectivity index (χ3n) is 2.81. The van der Waals surface area contributed by atoms with E-state index in [1.165, 1.54) is 24.5 Å². The molecule has 1 fully saturated rings. The Morgan fingerprint density at radius 1 is 1.24 bits per heavy atom. The molecule has 2 rings (SSSR count). The summed E-state index contributed by atoms with van der Waals surface area (Å²) in [7, 11) is 0. The van der Waals surface area contributed by atoms with E-state index in [9.17, 15) is 9.90 Å². The Morgan fingerprint density at radius 2 is 1.94 bits per heavy atom. The van der Waals surface area contributed by atoms with Gasteiger partial charge in [0.15, 0.2) is 0 Å². The second-order valence-electron chi connectivity index (χ2n) is 4.13. The van der Waals surface area contributed by atoms with Crippen molar-refractivity contribution in [2.24, 2.45) is 0 Å². The molecule has 17 heavy (non-hydrogen) atoms. The maximum Gasteiger partial charge on any atom is 0.323 e. The largest absolute Gasteiger partial charge is 0.506 e. The first-order valence-corrected chi connectivity index (χ1v) is 5.79. The van der Waals surface area contributed by atoms with Crippen molar-refractivity contribution >= 4 is 11.7 Å². The van der Waals surface area contributed by atoms with Gasteiger partial charge in [0.1, 0.15) is 5.75 Å². The Hall–Kier alpha value is -1.97. The first kappa shape index (κ1) is 11.5. The summed E-state index contributed by atoms with van der Waals surface area (Å²) < 4.78 is 0. The van der Waals surface area contributed by atoms with Gasteiger partial charge in [-0.2, -0.15) is 0 Å². The van der Waals surface area contributed by atoms with E-state index in [-0.39, 0.29) is 11.8 Å². The number of hydrogen-bond acceptors (Lipinski definition) is 2. The number of urea groups is 1. The lowest BCUT2D eigenvalue weighted by Gasteiger charge is -2.06. The van der Waals surface area contributed by atoms with E-state index in [0.717, 1.165) is 12.8 Å². The average molecular weight is 232 g/mol. The number of carbonyl (C=O) groups is 1. The molecule has 0 unspecified atom stereocenters. The van der Waals surface area contributed by atoms with E-state index in [1.807, 2.05) is 0 Å². The van der Waals surface area contributed by atoms with Crippen molar-refractivity contribution in [1.29, 1.82) is 0 Å². The lowest BCUT2D eigenvalue weighted by atomic mass is 10.2. The number of amides is 2. The maximum absolute atomic E-state index is 11.5. The van der Waals surface area contributed by atoms with E-state index in [4.69, 9.17) is 0 Å². The molecule has 2 amide bonds. The van der Waals surface area contributed by atoms with E-state index in [0.29, 0.717) is 5.69 Å². The van der Waals surface area contributed by atoms with Crippen LogP contribution in [0.25, 0.3) is 0 Å². The number of phenols is 1. The molecule has 4 nitrogen and oxygen atoms in total. The lowest BCUT2D eigenvalue weighted by Crippen LogP contribution is -2.24. The summed E-state index contributed by atoms with van der Waals surface area (Å²) in [5.74, 6) is 0.0659. The van der Waals surface area contributed by atoms with Crippen LogP contribution in [0.5, 0.6) is 5.75 Å². The number of allylic oxidation sites excluding steroid dienone is 1. The number of benzene rings is 1. The number of hydrogen-bond donors (Lipinski definition) is 3. The van der Waals surface area contributed by atoms with Crippen LogP contribution in [-0.2, 0) is 0 Å². The molecule has 0 spiro atoms. The summed E-state index contributed by atoms with van der Waals surface area (Å²) in [4.78, 5) is 11.5. The Kier molecular flexibility index (Phi) is 3.65. The molecule has 0 saturated heterocycles. The van der Waals surface area contributed by atoms with Crippen LogP contribution in [0.3, 0.4) is 0 Å². The highest BCUT2D eigenvalue weighted by atomic mass is 16.3. The topological polar surface area (TPSA) is 61.4 Å². The number of phenolic OH excluding ortho intramolecular Hbond substituents is 1. The Bertz CT molecular complexity index is 433. The van der Waals surface area contributed by atoms with Crippen LogP contribution in [-0.4, -0.2) is 11.1 Å². The number of rotatable bonds is 2. The fraction of sp³-hybridized carbons (Fsp3) is 0.308. The van der Waals surface area contributed by atoms with Crippen molar-refractivity contribution in [2.45, 2.75) is 25.7 Å². The van der Waals surface area contributed by atoms with Gasteiger partial charge in [-0.05, 0) is 37.8 Å². The van der Waals surface area contributed by atoms with Crippen LogP contribution in [0.1, 0.15) is 25.7 Å². The highest BCUT2D eigenvalue weighted by Crippen LogP contribution is 2.23. The molecule has 1 aromatic carbocycles. The van der Waals surface area contributed by atoms with Gasteiger partial charge in [-0.25, -0.2) is 4.79 Å². The molecule has 1 aliphatic carbocycles. The fourth-order valence-electron chi connectivity index (χ4n) is 1.88. The van der Waals surface area contributed by atoms with Gasteiger partial charge in [-0.3, -0.25) is 0 Å². The zero-order valence-electron chi connectivity index (χ0n) is 9.57. The van der Waals surface area contributed by atoms with Gasteiger partial charge in [0.05, 0.1) is 5.69 Å². The predicted molar refractivity (Wildman–Crippen MR) is 66.8 cm³/mol. The van der Waals surface area contributed by atoms with E-state index in [2.05, 4.69) is 10.6 Å². The van der Waals surface area contributed by atoms with Gasteiger partial charge in [-0.1, -0.05) is 17.7 Å². The zero-order valence-corrected chi connectivity index (χ0v) is 9.57. The van der Waals surface area contributed by atoms with Crippen molar-refractivity contribution in [3.05, 3.63) is 36.0 Å². The smallest absolute Gasteiger partial charge is 0.323 e. The van der Waals surface area contributed by atoms with Gasteiger partial charge in [0.25, 0.3) is 0 Å². The van der Waals surface area contributed by atoms with Crippen LogP contribution in [0.15, 0.2) is 36.0 Å². The highest BCUT2D eigenvalue weighted by Gasteiger charge is 2.07. The van der Waals surface area contributed by atoms with Crippen LogP contribution in [0.4, 0.5) is 10.5 Å². The van der Waals surface area contributed by atoms with Crippen molar-refractivity contribution in [3.8, 4) is 5.75 Å². The SMILES string of the molecule is O=C(NC=C1CCCC1)Nc1ccccc1O. The maximum atomic E-state index is 11.5. The first-order chi connectivity index (χ1) is 8.25. The quantitative estimate of drug-likeness (QED) is 0.686. The fourth-order valence-corrected chi connectivity index (χ4v) is 1.88. The predicted octanol–water partition coefficient (Wildman–Crippen LogP) is 2.97. The number of aromatic hydroxyl groups is 1. The molecule has 1 aromatic rings. The second kappa shape index (κ2) is 5.39. The third kappa shape index (κ3) is 3.24. The molecule has 0 radical (unpaired) electrons. The lowest BCUT2D eigenvalue weighted by molar-refractivity contribution is 0.255. The molecular formula is C13H16N2O2. The summed E-state index contributed by atoms with van der Waals surface area (Å²) in [6.45, 7) is 0. The highest BCUT2D eigenvalue weighted by molar-refractivity contribution is 5.91. The molecule has 1 aliphatic rings. The normalized spacial score (nSPS) is 14.5. The number of nitrogens with one attached hydrogen (secondary N) is 2. The first-order valence-electron chi connectivity index (χ1n) is 5.79. The van der Waals surface area contributed by atoms with Gasteiger partial charge in [0.2, 0.25) is 0 Å². The Morgan fingerprint density at radius 3 is 2.65 bits per heavy atom. The summed E-state index contributed by atoms with van der Waals surface area (Å²) in [5, 5.41) is 14.7. The van der Waals surface area contributed by atoms with E-state index < -0.39 is 0 Å². The molecule has 90 valence electrons. The van der Waals surface area contributed by atoms with Crippen LogP contribution >= 0.6 is 0 Å². The van der Waals surface area contributed by atoms with Gasteiger partial charge in [0, 0.05) is 6.20 Å². The molecular weight excluding hydrogens is 216 g/mol. The van der Waals surface area contributed by atoms with Crippen LogP contribution in [0, 0.1) is 0 Å². The van der Waals surface area contributed by atoms with Crippen molar-refractivity contribution in [2.75, 3.05) is 5.32 Å². The van der Waals surface area contributed by atoms with E-state index >= 15 is 0 Å². The zero-order chi connectivity index (χ0) is 12.1. The summed E-state index contributed by atoms with van der Waals surface area (Å²) >= 11 is 0. The third-order valence-corrected chi connectivity index (χ3v) is 2.81. The molecule has 1 saturated carbocycles. The second-order valence-corrected chi connectivity index (χ2v) is 4.13. The minimum Gasteiger partial charge on any atom is -0.506 e. The molecule has 0 aliphatic heterocycles. The number of carbonyl (C=O) groups excluding carboxylic acids is 1. The van der Waals surface area contributed by atoms with Gasteiger partial charge >= 0.3 is 6.03 Å². The van der Waals surface area contributed by atoms with Crippen molar-refractivity contribution < 1.29 is 9.90 Å². The monoisotopic (exact) mass is 232 g/mol. The number of anilines is 1. The minimum absolute atomic E-state index is 0.0659. The number of para-hydroxylation sites is 2. The van der Waals surface area contributed by atoms with Gasteiger partial charge < -0.3 is 15.7 Å². The molecule has 0 aromatic heterocycles.